The Morgan fingerprint density at radius 1 is 1.24 bits per heavy atom. The number of sulfone groups is 1. The van der Waals surface area contributed by atoms with Gasteiger partial charge in [0, 0.05) is 10.2 Å². The van der Waals surface area contributed by atoms with Crippen molar-refractivity contribution in [2.45, 2.75) is 24.5 Å². The van der Waals surface area contributed by atoms with E-state index in [-0.39, 0.29) is 17.0 Å². The van der Waals surface area contributed by atoms with Crippen molar-refractivity contribution in [1.82, 2.24) is 0 Å². The lowest BCUT2D eigenvalue weighted by molar-refractivity contribution is -0.116. The number of hydrogen-bond acceptors (Lipinski definition) is 4. The van der Waals surface area contributed by atoms with Crippen LogP contribution in [0.4, 0.5) is 5.69 Å². The molecule has 1 amide bonds. The van der Waals surface area contributed by atoms with E-state index in [2.05, 4.69) is 21.2 Å². The third-order valence-corrected chi connectivity index (χ3v) is 5.92. The number of amides is 1. The number of anilines is 1. The normalized spacial score (nSPS) is 20.7. The third-order valence-electron chi connectivity index (χ3n) is 3.28. The molecule has 0 aliphatic carbocycles. The molecular weight excluding hydrogens is 362 g/mol. The van der Waals surface area contributed by atoms with Gasteiger partial charge in [-0.1, -0.05) is 22.4 Å². The van der Waals surface area contributed by atoms with Gasteiger partial charge in [0.15, 0.2) is 9.84 Å². The molecule has 21 heavy (non-hydrogen) atoms. The van der Waals surface area contributed by atoms with Gasteiger partial charge in [-0.2, -0.15) is 0 Å². The number of rotatable bonds is 3. The molecule has 1 saturated heterocycles. The number of nitrogens with one attached hydrogen (secondary N) is 1. The molecular formula is C13H14BrNO5S. The van der Waals surface area contributed by atoms with Crippen molar-refractivity contribution in [3.63, 3.8) is 0 Å². The molecule has 2 rings (SSSR count). The van der Waals surface area contributed by atoms with Crippen LogP contribution in [0.3, 0.4) is 0 Å². The molecule has 0 saturated carbocycles. The lowest BCUT2D eigenvalue weighted by Crippen LogP contribution is -2.39. The zero-order valence-corrected chi connectivity index (χ0v) is 13.4. The van der Waals surface area contributed by atoms with Gasteiger partial charge in [0.05, 0.1) is 11.3 Å². The summed E-state index contributed by atoms with van der Waals surface area (Å²) in [5.74, 6) is -1.72. The van der Waals surface area contributed by atoms with Gasteiger partial charge in [-0.15, -0.1) is 0 Å². The summed E-state index contributed by atoms with van der Waals surface area (Å²) in [6.45, 7) is 0. The number of carboxylic acid groups (broad SMARTS) is 1. The van der Waals surface area contributed by atoms with Crippen LogP contribution in [0.5, 0.6) is 0 Å². The fraction of sp³-hybridized carbons (Fsp3) is 0.385. The van der Waals surface area contributed by atoms with E-state index in [0.717, 1.165) is 0 Å². The van der Waals surface area contributed by atoms with Crippen LogP contribution in [0.2, 0.25) is 0 Å². The molecule has 8 heteroatoms. The maximum absolute atomic E-state index is 12.1. The van der Waals surface area contributed by atoms with Crippen molar-refractivity contribution in [3.8, 4) is 0 Å². The number of benzene rings is 1. The summed E-state index contributed by atoms with van der Waals surface area (Å²) < 4.78 is 24.3. The van der Waals surface area contributed by atoms with Gasteiger partial charge in [-0.25, -0.2) is 13.2 Å². The number of aromatic carboxylic acids is 1. The van der Waals surface area contributed by atoms with E-state index in [1.165, 1.54) is 18.2 Å². The maximum Gasteiger partial charge on any atom is 0.335 e. The molecule has 114 valence electrons. The van der Waals surface area contributed by atoms with Gasteiger partial charge in [0.2, 0.25) is 5.91 Å². The Labute approximate surface area is 130 Å². The quantitative estimate of drug-likeness (QED) is 0.841. The smallest absolute Gasteiger partial charge is 0.335 e. The summed E-state index contributed by atoms with van der Waals surface area (Å²) in [6, 6.07) is 4.22. The van der Waals surface area contributed by atoms with Crippen molar-refractivity contribution < 1.29 is 23.1 Å². The molecule has 1 aliphatic heterocycles. The van der Waals surface area contributed by atoms with E-state index >= 15 is 0 Å². The van der Waals surface area contributed by atoms with Crippen molar-refractivity contribution in [3.05, 3.63) is 28.2 Å². The second-order valence-electron chi connectivity index (χ2n) is 4.87. The Morgan fingerprint density at radius 3 is 2.57 bits per heavy atom. The molecule has 0 radical (unpaired) electrons. The van der Waals surface area contributed by atoms with Crippen molar-refractivity contribution in [2.24, 2.45) is 0 Å². The molecule has 1 unspecified atom stereocenters. The first kappa shape index (κ1) is 16.0. The summed E-state index contributed by atoms with van der Waals surface area (Å²) in [5.41, 5.74) is 0.263. The summed E-state index contributed by atoms with van der Waals surface area (Å²) in [5, 5.41) is 10.4. The van der Waals surface area contributed by atoms with Crippen LogP contribution in [0.1, 0.15) is 29.6 Å². The zero-order valence-electron chi connectivity index (χ0n) is 11.0. The molecule has 1 atom stereocenters. The average Bonchev–Trinajstić information content (AvgIpc) is 2.37. The number of carbonyl (C=O) groups excluding carboxylic acids is 1. The summed E-state index contributed by atoms with van der Waals surface area (Å²) >= 11 is 3.16. The molecule has 0 spiro atoms. The number of carbonyl (C=O) groups is 2. The molecule has 1 aromatic carbocycles. The first-order chi connectivity index (χ1) is 9.79. The van der Waals surface area contributed by atoms with Crippen LogP contribution < -0.4 is 5.32 Å². The van der Waals surface area contributed by atoms with Crippen LogP contribution in [0.25, 0.3) is 0 Å². The van der Waals surface area contributed by atoms with Crippen LogP contribution in [-0.2, 0) is 14.6 Å². The Morgan fingerprint density at radius 2 is 1.95 bits per heavy atom. The standard InChI is InChI=1S/C13H14BrNO5S/c14-9-5-8(13(17)18)6-10(7-9)15-12(16)11-3-1-2-4-21(11,19)20/h5-7,11H,1-4H2,(H,15,16)(H,17,18). The fourth-order valence-corrected chi connectivity index (χ4v) is 4.55. The molecule has 1 aliphatic rings. The van der Waals surface area contributed by atoms with E-state index in [1.54, 1.807) is 0 Å². The Balaban J connectivity index is 2.21. The molecule has 0 bridgehead atoms. The van der Waals surface area contributed by atoms with E-state index in [9.17, 15) is 18.0 Å². The molecule has 2 N–H and O–H groups in total. The Hall–Kier alpha value is -1.41. The molecule has 0 aromatic heterocycles. The summed E-state index contributed by atoms with van der Waals surface area (Å²) in [6.07, 6.45) is 1.57. The van der Waals surface area contributed by atoms with E-state index < -0.39 is 27.0 Å². The highest BCUT2D eigenvalue weighted by Gasteiger charge is 2.34. The zero-order chi connectivity index (χ0) is 15.6. The van der Waals surface area contributed by atoms with Gasteiger partial charge in [0.1, 0.15) is 5.25 Å². The number of hydrogen-bond donors (Lipinski definition) is 2. The van der Waals surface area contributed by atoms with Crippen LogP contribution in [0, 0.1) is 0 Å². The third kappa shape index (κ3) is 3.82. The SMILES string of the molecule is O=C(O)c1cc(Br)cc(NC(=O)C2CCCCS2(=O)=O)c1. The molecule has 1 fully saturated rings. The fourth-order valence-electron chi connectivity index (χ4n) is 2.26. The first-order valence-corrected chi connectivity index (χ1v) is 8.87. The van der Waals surface area contributed by atoms with Gasteiger partial charge in [-0.05, 0) is 31.0 Å². The Bertz CT molecular complexity index is 686. The van der Waals surface area contributed by atoms with Gasteiger partial charge >= 0.3 is 5.97 Å². The van der Waals surface area contributed by atoms with E-state index in [0.29, 0.717) is 23.7 Å². The van der Waals surface area contributed by atoms with E-state index in [4.69, 9.17) is 5.11 Å². The summed E-state index contributed by atoms with van der Waals surface area (Å²) in [4.78, 5) is 23.1. The maximum atomic E-state index is 12.1. The van der Waals surface area contributed by atoms with Crippen LogP contribution in [0.15, 0.2) is 22.7 Å². The predicted octanol–water partition coefficient (Wildman–Crippen LogP) is 2.05. The predicted molar refractivity (Wildman–Crippen MR) is 81.2 cm³/mol. The number of carboxylic acids is 1. The van der Waals surface area contributed by atoms with Gasteiger partial charge < -0.3 is 10.4 Å². The molecule has 6 nitrogen and oxygen atoms in total. The van der Waals surface area contributed by atoms with Crippen LogP contribution in [-0.4, -0.2) is 36.4 Å². The minimum absolute atomic E-state index is 0.00572. The number of halogens is 1. The van der Waals surface area contributed by atoms with Gasteiger partial charge in [-0.3, -0.25) is 4.79 Å². The molecule has 1 aromatic rings. The topological polar surface area (TPSA) is 101 Å². The lowest BCUT2D eigenvalue weighted by Gasteiger charge is -2.21. The van der Waals surface area contributed by atoms with Crippen LogP contribution >= 0.6 is 15.9 Å². The highest BCUT2D eigenvalue weighted by Crippen LogP contribution is 2.23. The first-order valence-electron chi connectivity index (χ1n) is 6.36. The highest BCUT2D eigenvalue weighted by atomic mass is 79.9. The summed E-state index contributed by atoms with van der Waals surface area (Å²) in [7, 11) is -3.42. The van der Waals surface area contributed by atoms with Crippen molar-refractivity contribution in [2.75, 3.05) is 11.1 Å². The second kappa shape index (κ2) is 6.15. The van der Waals surface area contributed by atoms with Crippen molar-refractivity contribution >= 4 is 43.3 Å². The van der Waals surface area contributed by atoms with Gasteiger partial charge in [0.25, 0.3) is 0 Å². The molecule has 1 heterocycles. The van der Waals surface area contributed by atoms with Crippen molar-refractivity contribution in [1.29, 1.82) is 0 Å². The van der Waals surface area contributed by atoms with E-state index in [1.807, 2.05) is 0 Å². The monoisotopic (exact) mass is 375 g/mol. The Kier molecular flexibility index (Phi) is 4.67. The largest absolute Gasteiger partial charge is 0.478 e. The highest BCUT2D eigenvalue weighted by molar-refractivity contribution is 9.10. The lowest BCUT2D eigenvalue weighted by atomic mass is 10.1. The minimum Gasteiger partial charge on any atom is -0.478 e. The minimum atomic E-state index is -3.42. The second-order valence-corrected chi connectivity index (χ2v) is 8.09. The average molecular weight is 376 g/mol.